The molecule has 15 heteroatoms. The van der Waals surface area contributed by atoms with Crippen LogP contribution in [-0.4, -0.2) is 34.3 Å². The molecule has 2 N–H and O–H groups in total. The van der Waals surface area contributed by atoms with Gasteiger partial charge in [0.25, 0.3) is 5.56 Å². The molecule has 46 heavy (non-hydrogen) atoms. The van der Waals surface area contributed by atoms with Crippen molar-refractivity contribution in [1.82, 2.24) is 19.5 Å². The molecule has 0 saturated carbocycles. The maximum absolute atomic E-state index is 14.4. The van der Waals surface area contributed by atoms with E-state index in [1.165, 1.54) is 41.4 Å². The number of para-hydroxylation sites is 1. The molecule has 0 spiro atoms. The van der Waals surface area contributed by atoms with Gasteiger partial charge in [0.2, 0.25) is 9.84 Å². The van der Waals surface area contributed by atoms with Crippen LogP contribution in [0.4, 0.5) is 19.0 Å². The molecule has 0 bridgehead atoms. The Morgan fingerprint density at radius 3 is 2.35 bits per heavy atom. The zero-order valence-corrected chi connectivity index (χ0v) is 25.1. The number of ether oxygens (including phenoxy) is 1. The number of aromatic amines is 1. The normalized spacial score (nSPS) is 12.7. The number of rotatable bonds is 7. The zero-order chi connectivity index (χ0) is 32.8. The van der Waals surface area contributed by atoms with Gasteiger partial charge in [-0.25, -0.2) is 18.4 Å². The van der Waals surface area contributed by atoms with Gasteiger partial charge in [0, 0.05) is 23.3 Å². The van der Waals surface area contributed by atoms with Gasteiger partial charge < -0.3 is 15.0 Å². The Morgan fingerprint density at radius 1 is 0.935 bits per heavy atom. The van der Waals surface area contributed by atoms with Crippen molar-refractivity contribution in [2.24, 2.45) is 0 Å². The third-order valence-corrected chi connectivity index (χ3v) is 9.34. The summed E-state index contributed by atoms with van der Waals surface area (Å²) in [6.45, 7) is 1.70. The molecular weight excluding hydrogens is 647 g/mol. The lowest BCUT2D eigenvalue weighted by Crippen LogP contribution is -2.27. The molecule has 0 aliphatic heterocycles. The Hall–Kier alpha value is -5.21. The average molecular weight is 668 g/mol. The van der Waals surface area contributed by atoms with Crippen molar-refractivity contribution < 1.29 is 26.3 Å². The molecule has 1 atom stereocenters. The first kappa shape index (κ1) is 30.8. The highest BCUT2D eigenvalue weighted by atomic mass is 35.5. The first-order chi connectivity index (χ1) is 21.9. The molecule has 10 nitrogen and oxygen atoms in total. The van der Waals surface area contributed by atoms with Crippen molar-refractivity contribution >= 4 is 49.1 Å². The molecule has 6 rings (SSSR count). The molecule has 234 valence electrons. The van der Waals surface area contributed by atoms with Gasteiger partial charge in [0.05, 0.1) is 31.9 Å². The molecule has 0 aliphatic carbocycles. The Labute approximate surface area is 263 Å². The summed E-state index contributed by atoms with van der Waals surface area (Å²) in [4.78, 5) is 37.6. The quantitative estimate of drug-likeness (QED) is 0.206. The number of nitrogens with zero attached hydrogens (tertiary/aromatic N) is 3. The number of halogens is 4. The van der Waals surface area contributed by atoms with Gasteiger partial charge in [-0.15, -0.1) is 13.2 Å². The zero-order valence-electron chi connectivity index (χ0n) is 23.5. The first-order valence-corrected chi connectivity index (χ1v) is 15.4. The predicted molar refractivity (Wildman–Crippen MR) is 165 cm³/mol. The maximum Gasteiger partial charge on any atom is 0.573 e. The Kier molecular flexibility index (Phi) is 7.78. The van der Waals surface area contributed by atoms with Crippen molar-refractivity contribution in [3.05, 3.63) is 123 Å². The van der Waals surface area contributed by atoms with Crippen molar-refractivity contribution in [1.29, 1.82) is 0 Å². The summed E-state index contributed by atoms with van der Waals surface area (Å²) in [6.07, 6.45) is -2.25. The Bertz CT molecular complexity index is 2340. The number of hydrogen-bond donors (Lipinski definition) is 2. The fraction of sp³-hybridized carbons (Fsp3) is 0.0968. The monoisotopic (exact) mass is 667 g/mol. The van der Waals surface area contributed by atoms with E-state index >= 15 is 0 Å². The number of H-pyrrole nitrogens is 1. The lowest BCUT2D eigenvalue weighted by molar-refractivity contribution is -0.274. The highest BCUT2D eigenvalue weighted by molar-refractivity contribution is 7.91. The highest BCUT2D eigenvalue weighted by Gasteiger charge is 2.32. The van der Waals surface area contributed by atoms with Gasteiger partial charge in [0.15, 0.2) is 5.43 Å². The summed E-state index contributed by atoms with van der Waals surface area (Å²) in [5.74, 6) is -0.430. The molecule has 0 unspecified atom stereocenters. The summed E-state index contributed by atoms with van der Waals surface area (Å²) in [5.41, 5.74) is -0.174. The van der Waals surface area contributed by atoms with Gasteiger partial charge in [0.1, 0.15) is 28.9 Å². The predicted octanol–water partition coefficient (Wildman–Crippen LogP) is 6.18. The summed E-state index contributed by atoms with van der Waals surface area (Å²) < 4.78 is 70.8. The van der Waals surface area contributed by atoms with Crippen LogP contribution in [0.2, 0.25) is 5.02 Å². The average Bonchev–Trinajstić information content (AvgIpc) is 3.02. The third-order valence-electron chi connectivity index (χ3n) is 7.13. The van der Waals surface area contributed by atoms with E-state index in [0.717, 1.165) is 24.3 Å². The van der Waals surface area contributed by atoms with E-state index in [0.29, 0.717) is 5.69 Å². The third kappa shape index (κ3) is 5.56. The lowest BCUT2D eigenvalue weighted by Gasteiger charge is -2.24. The minimum Gasteiger partial charge on any atom is -0.406 e. The number of anilines is 1. The molecule has 0 amide bonds. The lowest BCUT2D eigenvalue weighted by atomic mass is 10.1. The summed E-state index contributed by atoms with van der Waals surface area (Å²) >= 11 is 7.01. The fourth-order valence-electron chi connectivity index (χ4n) is 5.17. The van der Waals surface area contributed by atoms with Crippen LogP contribution in [0.3, 0.4) is 0 Å². The topological polar surface area (TPSA) is 136 Å². The number of pyridine rings is 2. The van der Waals surface area contributed by atoms with Crippen molar-refractivity contribution in [3.8, 4) is 11.4 Å². The van der Waals surface area contributed by atoms with E-state index in [9.17, 15) is 31.2 Å². The van der Waals surface area contributed by atoms with Crippen LogP contribution < -0.4 is 21.0 Å². The molecule has 3 aromatic carbocycles. The second-order valence-corrected chi connectivity index (χ2v) is 12.3. The molecule has 3 aromatic heterocycles. The molecule has 0 fully saturated rings. The van der Waals surface area contributed by atoms with E-state index in [1.807, 2.05) is 0 Å². The van der Waals surface area contributed by atoms with Gasteiger partial charge >= 0.3 is 6.36 Å². The van der Waals surface area contributed by atoms with Gasteiger partial charge in [-0.2, -0.15) is 0 Å². The van der Waals surface area contributed by atoms with E-state index in [1.54, 1.807) is 37.3 Å². The van der Waals surface area contributed by atoms with Crippen LogP contribution in [0.5, 0.6) is 5.75 Å². The van der Waals surface area contributed by atoms with Crippen LogP contribution in [0.1, 0.15) is 18.7 Å². The van der Waals surface area contributed by atoms with Crippen LogP contribution >= 0.6 is 11.6 Å². The van der Waals surface area contributed by atoms with Crippen molar-refractivity contribution in [2.45, 2.75) is 29.1 Å². The number of hydrogen-bond acceptors (Lipinski definition) is 8. The number of sulfone groups is 1. The molecule has 0 saturated heterocycles. The molecule has 0 aliphatic rings. The van der Waals surface area contributed by atoms with Crippen LogP contribution in [0.25, 0.3) is 27.5 Å². The molecule has 6 aromatic rings. The number of fused-ring (bicyclic) bond motifs is 2. The fourth-order valence-corrected chi connectivity index (χ4v) is 7.05. The van der Waals surface area contributed by atoms with Crippen molar-refractivity contribution in [2.75, 3.05) is 5.32 Å². The maximum atomic E-state index is 14.4. The summed E-state index contributed by atoms with van der Waals surface area (Å²) in [5, 5.41) is 3.26. The minimum atomic E-state index is -4.96. The van der Waals surface area contributed by atoms with Crippen LogP contribution in [-0.2, 0) is 9.84 Å². The number of nitrogens with one attached hydrogen (secondary N) is 2. The highest BCUT2D eigenvalue weighted by Crippen LogP contribution is 2.36. The van der Waals surface area contributed by atoms with Crippen molar-refractivity contribution in [3.63, 3.8) is 0 Å². The van der Waals surface area contributed by atoms with Gasteiger partial charge in [-0.3, -0.25) is 14.2 Å². The first-order valence-electron chi connectivity index (χ1n) is 13.5. The summed E-state index contributed by atoms with van der Waals surface area (Å²) in [6, 6.07) is 16.7. The largest absolute Gasteiger partial charge is 0.573 e. The number of aromatic nitrogens is 4. The summed E-state index contributed by atoms with van der Waals surface area (Å²) in [7, 11) is -4.45. The van der Waals surface area contributed by atoms with E-state index < -0.39 is 38.4 Å². The van der Waals surface area contributed by atoms with Gasteiger partial charge in [-0.1, -0.05) is 41.9 Å². The van der Waals surface area contributed by atoms with E-state index in [4.69, 9.17) is 11.6 Å². The van der Waals surface area contributed by atoms with E-state index in [2.05, 4.69) is 25.0 Å². The molecular formula is C31H21ClF3N5O5S. The SMILES string of the molecule is C[C@H](Nc1ncnc2[nH]ccc(=O)c12)c1c(Cl)c2cccc(S(=O)(=O)c3ccc(OC(F)(F)F)cc3)c2c(=O)n1-c1ccccc1. The van der Waals surface area contributed by atoms with E-state index in [-0.39, 0.29) is 48.7 Å². The standard InChI is InChI=1S/C31H21ClF3N5O5S/c1-17(39-29-25-22(41)14-15-36-28(25)37-16-38-29)27-26(32)21-8-5-9-23(24(21)30(42)40(27)18-6-3-2-4-7-18)46(43,44)20-12-10-19(11-13-20)45-31(33,34)35/h2-17H,1H3,(H2,36,37,38,39,41)/t17-/m0/s1. The molecule has 3 heterocycles. The smallest absolute Gasteiger partial charge is 0.406 e. The van der Waals surface area contributed by atoms with Crippen LogP contribution in [0.15, 0.2) is 111 Å². The second-order valence-electron chi connectivity index (χ2n) is 10.0. The Morgan fingerprint density at radius 2 is 1.65 bits per heavy atom. The number of alkyl halides is 3. The second kappa shape index (κ2) is 11.6. The minimum absolute atomic E-state index is 0.0386. The van der Waals surface area contributed by atoms with Crippen LogP contribution in [0, 0.1) is 0 Å². The Balaban J connectivity index is 1.55. The number of benzene rings is 3. The van der Waals surface area contributed by atoms with Gasteiger partial charge in [-0.05, 0) is 49.4 Å². The molecule has 0 radical (unpaired) electrons.